The Hall–Kier alpha value is -2.47. The second-order valence-corrected chi connectivity index (χ2v) is 7.92. The van der Waals surface area contributed by atoms with Crippen molar-refractivity contribution >= 4 is 33.1 Å². The van der Waals surface area contributed by atoms with Crippen LogP contribution in [0.3, 0.4) is 0 Å². The molecule has 1 aromatic carbocycles. The number of nitrogens with one attached hydrogen (secondary N) is 1. The lowest BCUT2D eigenvalue weighted by molar-refractivity contribution is -0.118. The molecule has 0 bridgehead atoms. The summed E-state index contributed by atoms with van der Waals surface area (Å²) in [5, 5.41) is 3.94. The largest absolute Gasteiger partial charge is 0.438 e. The van der Waals surface area contributed by atoms with Crippen LogP contribution in [0.15, 0.2) is 30.6 Å². The molecule has 26 heavy (non-hydrogen) atoms. The molecule has 1 N–H and O–H groups in total. The predicted molar refractivity (Wildman–Crippen MR) is 104 cm³/mol. The van der Waals surface area contributed by atoms with E-state index in [2.05, 4.69) is 15.3 Å². The lowest BCUT2D eigenvalue weighted by Gasteiger charge is -2.12. The number of carbonyl (C=O) groups is 1. The van der Waals surface area contributed by atoms with Gasteiger partial charge in [-0.1, -0.05) is 13.8 Å². The third kappa shape index (κ3) is 3.29. The highest BCUT2D eigenvalue weighted by Crippen LogP contribution is 2.40. The lowest BCUT2D eigenvalue weighted by Crippen LogP contribution is -2.17. The van der Waals surface area contributed by atoms with E-state index in [0.29, 0.717) is 11.6 Å². The van der Waals surface area contributed by atoms with Gasteiger partial charge in [0.25, 0.3) is 0 Å². The van der Waals surface area contributed by atoms with Gasteiger partial charge in [-0.2, -0.15) is 0 Å². The van der Waals surface area contributed by atoms with Crippen LogP contribution in [0.1, 0.15) is 37.1 Å². The summed E-state index contributed by atoms with van der Waals surface area (Å²) in [5.74, 6) is 1.27. The topological polar surface area (TPSA) is 64.1 Å². The number of aromatic nitrogens is 2. The first-order chi connectivity index (χ1) is 12.6. The molecule has 4 rings (SSSR count). The maximum absolute atomic E-state index is 11.8. The van der Waals surface area contributed by atoms with E-state index in [1.54, 1.807) is 17.7 Å². The molecule has 0 fully saturated rings. The van der Waals surface area contributed by atoms with Gasteiger partial charge in [0.15, 0.2) is 0 Å². The number of nitrogens with zero attached hydrogens (tertiary/aromatic N) is 2. The van der Waals surface area contributed by atoms with Crippen molar-refractivity contribution in [2.75, 3.05) is 5.32 Å². The molecule has 5 nitrogen and oxygen atoms in total. The van der Waals surface area contributed by atoms with Crippen LogP contribution in [0, 0.1) is 5.92 Å². The third-order valence-electron chi connectivity index (χ3n) is 4.58. The van der Waals surface area contributed by atoms with E-state index in [9.17, 15) is 4.79 Å². The van der Waals surface area contributed by atoms with E-state index in [4.69, 9.17) is 4.74 Å². The van der Waals surface area contributed by atoms with Crippen LogP contribution in [0.2, 0.25) is 0 Å². The Bertz CT molecular complexity index is 948. The summed E-state index contributed by atoms with van der Waals surface area (Å²) >= 11 is 1.76. The average Bonchev–Trinajstić information content (AvgIpc) is 3.03. The summed E-state index contributed by atoms with van der Waals surface area (Å²) in [7, 11) is 0. The monoisotopic (exact) mass is 367 g/mol. The molecular weight excluding hydrogens is 346 g/mol. The summed E-state index contributed by atoms with van der Waals surface area (Å²) in [6, 6.07) is 7.39. The molecule has 1 amide bonds. The van der Waals surface area contributed by atoms with Crippen molar-refractivity contribution in [3.8, 4) is 11.6 Å². The standard InChI is InChI=1S/C20H21N3O2S/c1-12(2)18(24)23-13-7-9-14(10-8-13)25-19-17-15-5-3-4-6-16(15)26-20(17)22-11-21-19/h7-12H,3-6H2,1-2H3,(H,23,24). The van der Waals surface area contributed by atoms with E-state index in [-0.39, 0.29) is 11.8 Å². The van der Waals surface area contributed by atoms with Crippen molar-refractivity contribution < 1.29 is 9.53 Å². The minimum absolute atomic E-state index is 0.000998. The SMILES string of the molecule is CC(C)C(=O)Nc1ccc(Oc2ncnc3sc4c(c23)CCCC4)cc1. The molecule has 0 aliphatic heterocycles. The normalized spacial score (nSPS) is 13.7. The molecule has 0 saturated carbocycles. The number of benzene rings is 1. The molecule has 2 aromatic heterocycles. The van der Waals surface area contributed by atoms with E-state index >= 15 is 0 Å². The zero-order valence-corrected chi connectivity index (χ0v) is 15.7. The number of aryl methyl sites for hydroxylation is 2. The fourth-order valence-electron chi connectivity index (χ4n) is 3.14. The summed E-state index contributed by atoms with van der Waals surface area (Å²) in [6.45, 7) is 3.74. The highest BCUT2D eigenvalue weighted by Gasteiger charge is 2.20. The summed E-state index contributed by atoms with van der Waals surface area (Å²) < 4.78 is 6.07. The van der Waals surface area contributed by atoms with Crippen LogP contribution in [-0.2, 0) is 17.6 Å². The highest BCUT2D eigenvalue weighted by atomic mass is 32.1. The Morgan fingerprint density at radius 3 is 2.69 bits per heavy atom. The number of rotatable bonds is 4. The molecule has 0 spiro atoms. The molecule has 2 heterocycles. The van der Waals surface area contributed by atoms with Gasteiger partial charge in [0.1, 0.15) is 16.9 Å². The average molecular weight is 367 g/mol. The first-order valence-electron chi connectivity index (χ1n) is 8.96. The molecule has 6 heteroatoms. The number of carbonyl (C=O) groups excluding carboxylic acids is 1. The van der Waals surface area contributed by atoms with Gasteiger partial charge in [0.05, 0.1) is 5.39 Å². The predicted octanol–water partition coefficient (Wildman–Crippen LogP) is 4.96. The summed E-state index contributed by atoms with van der Waals surface area (Å²) in [4.78, 5) is 23.0. The van der Waals surface area contributed by atoms with Crippen LogP contribution in [0.5, 0.6) is 11.6 Å². The van der Waals surface area contributed by atoms with Gasteiger partial charge >= 0.3 is 0 Å². The number of ether oxygens (including phenoxy) is 1. The van der Waals surface area contributed by atoms with Gasteiger partial charge < -0.3 is 10.1 Å². The smallest absolute Gasteiger partial charge is 0.231 e. The number of hydrogen-bond donors (Lipinski definition) is 1. The molecule has 0 saturated heterocycles. The van der Waals surface area contributed by atoms with Gasteiger partial charge in [0.2, 0.25) is 11.8 Å². The maximum Gasteiger partial charge on any atom is 0.231 e. The maximum atomic E-state index is 11.8. The van der Waals surface area contributed by atoms with Gasteiger partial charge in [-0.05, 0) is 55.5 Å². The molecule has 0 unspecified atom stereocenters. The second kappa shape index (κ2) is 7.03. The number of anilines is 1. The first-order valence-corrected chi connectivity index (χ1v) is 9.77. The van der Waals surface area contributed by atoms with Crippen molar-refractivity contribution in [3.05, 3.63) is 41.0 Å². The Balaban J connectivity index is 1.59. The zero-order chi connectivity index (χ0) is 18.1. The van der Waals surface area contributed by atoms with Crippen molar-refractivity contribution in [2.24, 2.45) is 5.92 Å². The minimum Gasteiger partial charge on any atom is -0.438 e. The summed E-state index contributed by atoms with van der Waals surface area (Å²) in [6.07, 6.45) is 6.21. The fraction of sp³-hybridized carbons (Fsp3) is 0.350. The fourth-order valence-corrected chi connectivity index (χ4v) is 4.36. The molecule has 0 radical (unpaired) electrons. The van der Waals surface area contributed by atoms with E-state index in [0.717, 1.165) is 28.7 Å². The van der Waals surface area contributed by atoms with Crippen LogP contribution >= 0.6 is 11.3 Å². The molecule has 3 aromatic rings. The molecule has 1 aliphatic rings. The highest BCUT2D eigenvalue weighted by molar-refractivity contribution is 7.18. The van der Waals surface area contributed by atoms with Crippen LogP contribution in [0.25, 0.3) is 10.2 Å². The van der Waals surface area contributed by atoms with Crippen molar-refractivity contribution in [3.63, 3.8) is 0 Å². The first kappa shape index (κ1) is 17.0. The second-order valence-electron chi connectivity index (χ2n) is 6.84. The lowest BCUT2D eigenvalue weighted by atomic mass is 9.97. The Morgan fingerprint density at radius 2 is 1.92 bits per heavy atom. The quantitative estimate of drug-likeness (QED) is 0.708. The third-order valence-corrected chi connectivity index (χ3v) is 5.78. The molecule has 1 aliphatic carbocycles. The number of hydrogen-bond acceptors (Lipinski definition) is 5. The van der Waals surface area contributed by atoms with Gasteiger partial charge in [-0.3, -0.25) is 4.79 Å². The van der Waals surface area contributed by atoms with Gasteiger partial charge in [0, 0.05) is 16.5 Å². The molecule has 134 valence electrons. The van der Waals surface area contributed by atoms with Crippen LogP contribution in [-0.4, -0.2) is 15.9 Å². The van der Waals surface area contributed by atoms with Crippen molar-refractivity contribution in [2.45, 2.75) is 39.5 Å². The van der Waals surface area contributed by atoms with Crippen molar-refractivity contribution in [1.82, 2.24) is 9.97 Å². The zero-order valence-electron chi connectivity index (χ0n) is 14.9. The number of thiophene rings is 1. The van der Waals surface area contributed by atoms with Gasteiger partial charge in [-0.15, -0.1) is 11.3 Å². The number of fused-ring (bicyclic) bond motifs is 3. The van der Waals surface area contributed by atoms with E-state index in [1.807, 2.05) is 38.1 Å². The Labute approximate surface area is 156 Å². The summed E-state index contributed by atoms with van der Waals surface area (Å²) in [5.41, 5.74) is 2.12. The Kier molecular flexibility index (Phi) is 4.59. The molecule has 0 atom stereocenters. The van der Waals surface area contributed by atoms with Crippen LogP contribution in [0.4, 0.5) is 5.69 Å². The van der Waals surface area contributed by atoms with Crippen molar-refractivity contribution in [1.29, 1.82) is 0 Å². The van der Waals surface area contributed by atoms with E-state index < -0.39 is 0 Å². The minimum atomic E-state index is -0.0509. The van der Waals surface area contributed by atoms with Crippen LogP contribution < -0.4 is 10.1 Å². The molecular formula is C20H21N3O2S. The number of amides is 1. The Morgan fingerprint density at radius 1 is 1.15 bits per heavy atom. The van der Waals surface area contributed by atoms with E-state index in [1.165, 1.54) is 23.3 Å². The van der Waals surface area contributed by atoms with Gasteiger partial charge in [-0.25, -0.2) is 9.97 Å².